The third-order valence-electron chi connectivity index (χ3n) is 15.5. The molecule has 0 aromatic rings. The molecule has 4 rings (SSSR count). The van der Waals surface area contributed by atoms with E-state index in [0.29, 0.717) is 70.2 Å². The molecule has 2 saturated heterocycles. The first-order valence-electron chi connectivity index (χ1n) is 27.1. The van der Waals surface area contributed by atoms with Gasteiger partial charge in [0.1, 0.15) is 30.1 Å². The first-order chi connectivity index (χ1) is 34.4. The highest BCUT2D eigenvalue weighted by atomic mass is 28.3. The number of allylic oxidation sites excluding steroid dienone is 6. The van der Waals surface area contributed by atoms with Crippen molar-refractivity contribution in [3.8, 4) is 0 Å². The van der Waals surface area contributed by atoms with Crippen molar-refractivity contribution >= 4 is 37.3 Å². The van der Waals surface area contributed by atoms with Crippen molar-refractivity contribution in [2.75, 3.05) is 47.3 Å². The molecular formula is C57H93NO14Si. The summed E-state index contributed by atoms with van der Waals surface area (Å²) < 4.78 is 42.2. The van der Waals surface area contributed by atoms with Crippen LogP contribution in [0, 0.1) is 35.5 Å². The summed E-state index contributed by atoms with van der Waals surface area (Å²) in [4.78, 5) is 72.6. The number of rotatable bonds is 12. The summed E-state index contributed by atoms with van der Waals surface area (Å²) in [5, 5.41) is 23.6. The molecule has 0 aromatic heterocycles. The topological polar surface area (TPSA) is 194 Å². The van der Waals surface area contributed by atoms with Crippen molar-refractivity contribution in [2.45, 2.75) is 200 Å². The summed E-state index contributed by atoms with van der Waals surface area (Å²) in [6.45, 7) is 20.6. The third kappa shape index (κ3) is 18.2. The van der Waals surface area contributed by atoms with Gasteiger partial charge in [0.05, 0.1) is 45.7 Å². The Morgan fingerprint density at radius 3 is 2.23 bits per heavy atom. The zero-order chi connectivity index (χ0) is 54.2. The van der Waals surface area contributed by atoms with Crippen LogP contribution in [-0.2, 0) is 57.1 Å². The largest absolute Gasteiger partial charge is 0.460 e. The molecule has 3 fully saturated rings. The maximum Gasteiger partial charge on any atom is 0.329 e. The molecule has 73 heavy (non-hydrogen) atoms. The van der Waals surface area contributed by atoms with Gasteiger partial charge in [-0.05, 0) is 107 Å². The average molecular weight is 1040 g/mol. The Kier molecular flexibility index (Phi) is 25.1. The number of carbonyl (C=O) groups is 5. The number of Topliss-reactive ketones (excluding diaryl/α,β-unsaturated/α-hetero) is 3. The quantitative estimate of drug-likeness (QED) is 0.0626. The lowest BCUT2D eigenvalue weighted by molar-refractivity contribution is -0.265. The molecule has 414 valence electrons. The minimum absolute atomic E-state index is 0.0186. The fourth-order valence-corrected chi connectivity index (χ4v) is 11.7. The predicted octanol–water partition coefficient (Wildman–Crippen LogP) is 8.10. The second-order valence-corrected chi connectivity index (χ2v) is 28.5. The second-order valence-electron chi connectivity index (χ2n) is 23.0. The molecule has 2 bridgehead atoms. The lowest BCUT2D eigenvalue weighted by atomic mass is 9.78. The Morgan fingerprint density at radius 2 is 1.56 bits per heavy atom. The molecule has 0 spiro atoms. The number of methoxy groups -OCH3 is 3. The van der Waals surface area contributed by atoms with Crippen LogP contribution in [0.5, 0.6) is 0 Å². The van der Waals surface area contributed by atoms with Crippen LogP contribution in [0.2, 0.25) is 19.6 Å². The van der Waals surface area contributed by atoms with E-state index in [9.17, 15) is 34.2 Å². The lowest BCUT2D eigenvalue weighted by Gasteiger charge is -2.42. The average Bonchev–Trinajstić information content (AvgIpc) is 3.35. The van der Waals surface area contributed by atoms with Gasteiger partial charge in [0.25, 0.3) is 11.7 Å². The maximum absolute atomic E-state index is 14.6. The number of nitrogens with zero attached hydrogens (tertiary/aromatic N) is 1. The normalized spacial score (nSPS) is 37.5. The lowest BCUT2D eigenvalue weighted by Crippen LogP contribution is -2.61. The summed E-state index contributed by atoms with van der Waals surface area (Å²) in [6.07, 6.45) is 13.2. The van der Waals surface area contributed by atoms with Gasteiger partial charge in [-0.2, -0.15) is 0 Å². The minimum Gasteiger partial charge on any atom is -0.460 e. The van der Waals surface area contributed by atoms with Crippen molar-refractivity contribution in [2.24, 2.45) is 35.5 Å². The molecule has 0 aromatic carbocycles. The van der Waals surface area contributed by atoms with Gasteiger partial charge in [0.15, 0.2) is 5.78 Å². The number of cyclic esters (lactones) is 1. The monoisotopic (exact) mass is 1040 g/mol. The molecule has 3 heterocycles. The fraction of sp³-hybridized carbons (Fsp3) is 0.772. The summed E-state index contributed by atoms with van der Waals surface area (Å²) in [5.74, 6) is -7.84. The van der Waals surface area contributed by atoms with Gasteiger partial charge >= 0.3 is 5.97 Å². The van der Waals surface area contributed by atoms with Crippen molar-refractivity contribution in [3.05, 3.63) is 47.6 Å². The van der Waals surface area contributed by atoms with Crippen LogP contribution in [0.25, 0.3) is 0 Å². The summed E-state index contributed by atoms with van der Waals surface area (Å²) in [7, 11) is 3.32. The zero-order valence-corrected chi connectivity index (χ0v) is 47.6. The van der Waals surface area contributed by atoms with E-state index in [1.165, 1.54) is 12.0 Å². The molecule has 0 unspecified atom stereocenters. The van der Waals surface area contributed by atoms with Gasteiger partial charge in [-0.25, -0.2) is 4.79 Å². The molecule has 0 radical (unpaired) electrons. The number of hydrogen-bond donors (Lipinski definition) is 2. The molecule has 15 nitrogen and oxygen atoms in total. The first-order valence-corrected chi connectivity index (χ1v) is 30.8. The number of ketones is 3. The Balaban J connectivity index is 1.66. The number of piperidine rings is 1. The van der Waals surface area contributed by atoms with Crippen LogP contribution in [0.3, 0.4) is 0 Å². The first kappa shape index (κ1) is 62.3. The van der Waals surface area contributed by atoms with Crippen LogP contribution in [-0.4, -0.2) is 154 Å². The molecule has 1 aliphatic carbocycles. The Bertz CT molecular complexity index is 1940. The van der Waals surface area contributed by atoms with E-state index in [0.717, 1.165) is 24.6 Å². The van der Waals surface area contributed by atoms with Crippen LogP contribution in [0.1, 0.15) is 126 Å². The van der Waals surface area contributed by atoms with E-state index in [1.807, 2.05) is 58.1 Å². The number of ether oxygens (including phenoxy) is 7. The standard InChI is InChI=1S/C57H93NO14Si/c1-36-19-15-14-16-20-37(2)48(66-8)33-44-24-22-42(7)57(65,72-44)54(62)55(63)58-26-18-17-21-45(58)56(64)71-49(34-46(59)38(3)30-41(6)52(61)53(68-10)51(60)40(5)29-36)39(4)31-43-23-25-47(50(32-43)67-9)70-28-27-69-35-73(11,12)13/h14-16,19-20,30,36,38-40,42-45,47-50,52-53,61,65H,17-18,21-29,31-35H2,1-13H3/b16-14+,19-15+,37-20+,41-30+/t36-,38-,39-,40-,42-,43+,44+,45+,47-,48+,49+,50-,52-,53+,57-/m1/s1. The molecule has 15 atom stereocenters. The predicted molar refractivity (Wildman–Crippen MR) is 283 cm³/mol. The number of carbonyl (C=O) groups excluding carboxylic acids is 5. The van der Waals surface area contributed by atoms with Crippen LogP contribution >= 0.6 is 0 Å². The molecular weight excluding hydrogens is 951 g/mol. The number of esters is 1. The van der Waals surface area contributed by atoms with Crippen LogP contribution in [0.4, 0.5) is 0 Å². The zero-order valence-electron chi connectivity index (χ0n) is 46.6. The second kappa shape index (κ2) is 29.4. The van der Waals surface area contributed by atoms with Crippen molar-refractivity contribution in [1.82, 2.24) is 4.90 Å². The fourth-order valence-electron chi connectivity index (χ4n) is 10.9. The minimum atomic E-state index is -2.43. The highest BCUT2D eigenvalue weighted by Crippen LogP contribution is 2.38. The van der Waals surface area contributed by atoms with Crippen LogP contribution < -0.4 is 0 Å². The third-order valence-corrected chi connectivity index (χ3v) is 16.6. The van der Waals surface area contributed by atoms with Crippen molar-refractivity contribution in [3.63, 3.8) is 0 Å². The molecule has 4 aliphatic rings. The number of aliphatic hydroxyl groups excluding tert-OH is 1. The Hall–Kier alpha value is -3.19. The van der Waals surface area contributed by atoms with E-state index in [2.05, 4.69) is 19.6 Å². The van der Waals surface area contributed by atoms with Gasteiger partial charge < -0.3 is 48.3 Å². The Morgan fingerprint density at radius 1 is 0.836 bits per heavy atom. The smallest absolute Gasteiger partial charge is 0.329 e. The SMILES string of the molecule is CO[C@H]1C[C@@H]2CC[C@@H](C)[C@@](O)(O2)C(=O)C(=O)N2CCCC[C@H]2C(=O)O[C@H]([C@H](C)C[C@@H]2CC[C@@H](OCCOC[Si](C)(C)C)[C@H](OC)C2)CC(=O)[C@H](C)/C=C(\C)[C@@H](O)[C@@H](OC)C(=O)[C@H](C)C[C@H](C)/C=C/C=C/C=C/1C. The van der Waals surface area contributed by atoms with Gasteiger partial charge in [0.2, 0.25) is 5.79 Å². The highest BCUT2D eigenvalue weighted by Gasteiger charge is 2.53. The van der Waals surface area contributed by atoms with E-state index in [1.54, 1.807) is 41.1 Å². The number of hydrogen-bond acceptors (Lipinski definition) is 14. The number of amides is 1. The number of fused-ring (bicyclic) bond motifs is 3. The van der Waals surface area contributed by atoms with E-state index >= 15 is 0 Å². The van der Waals surface area contributed by atoms with Gasteiger partial charge in [-0.3, -0.25) is 19.2 Å². The molecule has 2 N–H and O–H groups in total. The van der Waals surface area contributed by atoms with Crippen molar-refractivity contribution < 1.29 is 67.3 Å². The molecule has 3 aliphatic heterocycles. The van der Waals surface area contributed by atoms with Crippen molar-refractivity contribution in [1.29, 1.82) is 0 Å². The van der Waals surface area contributed by atoms with Gasteiger partial charge in [0, 0.05) is 64.7 Å². The maximum atomic E-state index is 14.6. The summed E-state index contributed by atoms with van der Waals surface area (Å²) in [5.41, 5.74) is 1.28. The van der Waals surface area contributed by atoms with E-state index in [-0.39, 0.29) is 60.9 Å². The molecule has 1 amide bonds. The van der Waals surface area contributed by atoms with Crippen LogP contribution in [0.15, 0.2) is 47.6 Å². The highest BCUT2D eigenvalue weighted by molar-refractivity contribution is 6.76. The summed E-state index contributed by atoms with van der Waals surface area (Å²) in [6, 6.07) is -1.14. The number of aliphatic hydroxyl groups is 2. The van der Waals surface area contributed by atoms with E-state index < -0.39 is 85.8 Å². The van der Waals surface area contributed by atoms with Gasteiger partial charge in [-0.15, -0.1) is 0 Å². The van der Waals surface area contributed by atoms with Gasteiger partial charge in [-0.1, -0.05) is 90.7 Å². The summed E-state index contributed by atoms with van der Waals surface area (Å²) >= 11 is 0. The van der Waals surface area contributed by atoms with E-state index in [4.69, 9.17) is 33.2 Å². The molecule has 1 saturated carbocycles. The Labute approximate surface area is 438 Å². The molecule has 16 heteroatoms.